The van der Waals surface area contributed by atoms with Crippen molar-refractivity contribution >= 4 is 103 Å². The van der Waals surface area contributed by atoms with E-state index < -0.39 is 75.4 Å². The third-order valence-corrected chi connectivity index (χ3v) is 12.6. The van der Waals surface area contributed by atoms with Crippen molar-refractivity contribution in [1.82, 2.24) is 9.97 Å². The molecule has 2 saturated heterocycles. The highest BCUT2D eigenvalue weighted by Gasteiger charge is 2.52. The van der Waals surface area contributed by atoms with Crippen molar-refractivity contribution in [2.75, 3.05) is 24.9 Å². The molecule has 24 heteroatoms. The molecule has 0 radical (unpaired) electrons. The van der Waals surface area contributed by atoms with Gasteiger partial charge in [-0.3, -0.25) is 19.4 Å². The number of hydrogen-bond donors (Lipinski definition) is 2. The molecule has 2 N–H and O–H groups in total. The third kappa shape index (κ3) is 8.71. The molecule has 0 aliphatic carbocycles. The van der Waals surface area contributed by atoms with E-state index in [4.69, 9.17) is 46.6 Å². The van der Waals surface area contributed by atoms with Crippen LogP contribution in [0.4, 0.5) is 63.6 Å². The molecule has 2 fully saturated rings. The summed E-state index contributed by atoms with van der Waals surface area (Å²) in [5.74, 6) is -1.98. The topological polar surface area (TPSA) is 165 Å². The van der Waals surface area contributed by atoms with E-state index in [-0.39, 0.29) is 60.3 Å². The average molecular weight is 1030 g/mol. The lowest BCUT2D eigenvalue weighted by Gasteiger charge is -2.31. The number of benzene rings is 4. The Kier molecular flexibility index (Phi) is 13.2. The Hall–Kier alpha value is -6.92. The van der Waals surface area contributed by atoms with Crippen LogP contribution in [-0.2, 0) is 28.4 Å². The lowest BCUT2D eigenvalue weighted by atomic mass is 10.0. The van der Waals surface area contributed by atoms with Crippen LogP contribution in [0.25, 0.3) is 10.9 Å². The minimum atomic E-state index is -4.83. The van der Waals surface area contributed by atoms with Gasteiger partial charge in [0.15, 0.2) is 22.3 Å². The molecule has 0 spiro atoms. The molecule has 1 aromatic heterocycles. The number of nitrogens with one attached hydrogen (secondary N) is 1. The molecule has 5 aromatic rings. The highest BCUT2D eigenvalue weighted by molar-refractivity contribution is 7.81. The fourth-order valence-corrected chi connectivity index (χ4v) is 9.33. The fourth-order valence-electron chi connectivity index (χ4n) is 8.04. The summed E-state index contributed by atoms with van der Waals surface area (Å²) in [7, 11) is 0. The van der Waals surface area contributed by atoms with Gasteiger partial charge in [0.25, 0.3) is 11.8 Å². The molecule has 1 unspecified atom stereocenters. The van der Waals surface area contributed by atoms with Gasteiger partial charge in [0.2, 0.25) is 0 Å². The first-order valence-corrected chi connectivity index (χ1v) is 21.9. The average Bonchev–Trinajstić information content (AvgIpc) is 3.59. The highest BCUT2D eigenvalue weighted by atomic mass is 35.5. The van der Waals surface area contributed by atoms with Crippen molar-refractivity contribution in [1.29, 1.82) is 10.5 Å². The van der Waals surface area contributed by atoms with Crippen molar-refractivity contribution in [3.05, 3.63) is 111 Å². The number of aliphatic imine (C=N–C) groups is 1. The van der Waals surface area contributed by atoms with Crippen molar-refractivity contribution < 1.29 is 49.8 Å². The molecule has 1 atom stereocenters. The maximum atomic E-state index is 15.1. The number of nitrogens with zero attached hydrogens (tertiary/aromatic N) is 9. The smallest absolute Gasteiger partial charge is 0.368 e. The number of carbonyl (C=O) groups excluding carboxylic acids is 2. The standard InChI is InChI=1S/C23H16ClF4N5OS.C23H19F4N5O2S/c1-4-17-30-18-14(19(24)31-17)7-13(9-16(18)25)33-21(35)32(20(34)22(33,2)3)12-6-5-11(10-29)15(8-12)23(26,27)28;1-4-17-29-18-14(19(33)30-17)7-13(9-16(18)24)32-21(35)31(20(34)22(32,2)3)12-6-5-11(10-28)15(8-12)23(25,26)27/h5-9H,4H2,1-3H3;5-9,19,33H,4H2,1-3H3,(H,29,30). The van der Waals surface area contributed by atoms with Crippen molar-refractivity contribution in [3.8, 4) is 12.1 Å². The second-order valence-corrected chi connectivity index (χ2v) is 17.8. The molecule has 0 saturated carbocycles. The number of aliphatic hydroxyl groups excluding tert-OH is 1. The third-order valence-electron chi connectivity index (χ3n) is 11.5. The monoisotopic (exact) mass is 1030 g/mol. The number of nitriles is 2. The van der Waals surface area contributed by atoms with Crippen LogP contribution in [0.1, 0.15) is 87.8 Å². The van der Waals surface area contributed by atoms with Crippen LogP contribution < -0.4 is 24.9 Å². The molecular formula is C46H35ClF8N10O3S2. The Balaban J connectivity index is 0.000000206. The van der Waals surface area contributed by atoms with E-state index in [0.29, 0.717) is 36.6 Å². The van der Waals surface area contributed by atoms with Crippen LogP contribution >= 0.6 is 36.0 Å². The van der Waals surface area contributed by atoms with Crippen molar-refractivity contribution in [2.24, 2.45) is 4.99 Å². The van der Waals surface area contributed by atoms with Gasteiger partial charge in [-0.1, -0.05) is 25.4 Å². The van der Waals surface area contributed by atoms with Gasteiger partial charge in [0.1, 0.15) is 39.2 Å². The maximum absolute atomic E-state index is 15.1. The van der Waals surface area contributed by atoms with Gasteiger partial charge < -0.3 is 20.2 Å². The molecule has 2 amide bonds. The van der Waals surface area contributed by atoms with Crippen molar-refractivity contribution in [3.63, 3.8) is 0 Å². The zero-order chi connectivity index (χ0) is 51.7. The Bertz CT molecular complexity index is 3210. The quantitative estimate of drug-likeness (QED) is 0.0941. The Morgan fingerprint density at radius 1 is 0.729 bits per heavy atom. The molecule has 13 nitrogen and oxygen atoms in total. The number of thiocarbonyl (C=S) groups is 2. The molecule has 362 valence electrons. The van der Waals surface area contributed by atoms with Gasteiger partial charge in [-0.15, -0.1) is 0 Å². The summed E-state index contributed by atoms with van der Waals surface area (Å²) in [6, 6.07) is 13.9. The van der Waals surface area contributed by atoms with Gasteiger partial charge in [0.05, 0.1) is 51.5 Å². The Morgan fingerprint density at radius 3 is 1.64 bits per heavy atom. The molecule has 3 aliphatic rings. The van der Waals surface area contributed by atoms with Crippen LogP contribution in [-0.4, -0.2) is 54.0 Å². The predicted molar refractivity (Wildman–Crippen MR) is 252 cm³/mol. The van der Waals surface area contributed by atoms with E-state index in [2.05, 4.69) is 20.3 Å². The van der Waals surface area contributed by atoms with Crippen LogP contribution in [0.5, 0.6) is 0 Å². The number of alkyl halides is 6. The molecule has 8 rings (SSSR count). The minimum absolute atomic E-state index is 0.00128. The summed E-state index contributed by atoms with van der Waals surface area (Å²) in [6.07, 6.45) is -10.1. The summed E-state index contributed by atoms with van der Waals surface area (Å²) in [4.78, 5) is 43.6. The van der Waals surface area contributed by atoms with E-state index >= 15 is 8.78 Å². The number of halogens is 9. The van der Waals surface area contributed by atoms with Gasteiger partial charge in [0, 0.05) is 35.2 Å². The van der Waals surface area contributed by atoms with E-state index in [9.17, 15) is 41.0 Å². The molecule has 3 aliphatic heterocycles. The number of aryl methyl sites for hydroxylation is 1. The number of aliphatic hydroxyl groups is 1. The fraction of sp³-hybridized carbons (Fsp3) is 0.283. The number of amides is 2. The van der Waals surface area contributed by atoms with Gasteiger partial charge in [-0.25, -0.2) is 23.7 Å². The summed E-state index contributed by atoms with van der Waals surface area (Å²) >= 11 is 17.2. The maximum Gasteiger partial charge on any atom is 0.417 e. The van der Waals surface area contributed by atoms with Crippen LogP contribution in [0.15, 0.2) is 65.7 Å². The van der Waals surface area contributed by atoms with E-state index in [0.717, 1.165) is 34.1 Å². The van der Waals surface area contributed by atoms with Crippen LogP contribution in [0.2, 0.25) is 5.15 Å². The Morgan fingerprint density at radius 2 is 1.20 bits per heavy atom. The molecular weight excluding hydrogens is 992 g/mol. The van der Waals surface area contributed by atoms with Crippen LogP contribution in [0, 0.1) is 34.3 Å². The van der Waals surface area contributed by atoms with Crippen molar-refractivity contribution in [2.45, 2.75) is 84.0 Å². The number of hydrogen-bond acceptors (Lipinski definition) is 11. The zero-order valence-electron chi connectivity index (χ0n) is 37.3. The summed E-state index contributed by atoms with van der Waals surface area (Å²) in [5.41, 5.74) is -6.30. The highest BCUT2D eigenvalue weighted by Crippen LogP contribution is 2.44. The lowest BCUT2D eigenvalue weighted by Crippen LogP contribution is -2.44. The first-order chi connectivity index (χ1) is 32.6. The largest absolute Gasteiger partial charge is 0.417 e. The van der Waals surface area contributed by atoms with E-state index in [1.165, 1.54) is 73.9 Å². The van der Waals surface area contributed by atoms with Gasteiger partial charge in [-0.05, 0) is 113 Å². The van der Waals surface area contributed by atoms with E-state index in [1.54, 1.807) is 13.8 Å². The predicted octanol–water partition coefficient (Wildman–Crippen LogP) is 10.6. The van der Waals surface area contributed by atoms with Gasteiger partial charge in [-0.2, -0.15) is 36.9 Å². The number of anilines is 5. The summed E-state index contributed by atoms with van der Waals surface area (Å²) < 4.78 is 111. The number of carbonyl (C=O) groups is 2. The molecule has 4 heterocycles. The number of aromatic nitrogens is 2. The summed E-state index contributed by atoms with van der Waals surface area (Å²) in [6.45, 7) is 9.59. The van der Waals surface area contributed by atoms with Crippen LogP contribution in [0.3, 0.4) is 0 Å². The van der Waals surface area contributed by atoms with E-state index in [1.807, 2.05) is 0 Å². The minimum Gasteiger partial charge on any atom is -0.368 e. The number of amidine groups is 1. The molecule has 4 aromatic carbocycles. The normalized spacial score (nSPS) is 17.5. The number of rotatable bonds is 6. The Labute approximate surface area is 409 Å². The SMILES string of the molecule is CCC1=NC(O)c2cc(N3C(=S)N(c4ccc(C#N)c(C(F)(F)F)c4)C(=O)C3(C)C)cc(F)c2N1.CCc1nc(Cl)c2cc(N3C(=S)N(c4ccc(C#N)c(C(F)(F)F)c4)C(=O)C3(C)C)cc(F)c2n1. The lowest BCUT2D eigenvalue weighted by molar-refractivity contribution is -0.138. The molecule has 70 heavy (non-hydrogen) atoms. The second-order valence-electron chi connectivity index (χ2n) is 16.7. The zero-order valence-corrected chi connectivity index (χ0v) is 39.7. The first-order valence-electron chi connectivity index (χ1n) is 20.7. The number of fused-ring (bicyclic) bond motifs is 2. The second kappa shape index (κ2) is 18.1. The molecule has 0 bridgehead atoms. The van der Waals surface area contributed by atoms with Gasteiger partial charge >= 0.3 is 12.4 Å². The summed E-state index contributed by atoms with van der Waals surface area (Å²) in [5, 5.41) is 31.2. The first kappa shape index (κ1) is 50.9.